The number of fused-ring (bicyclic) bond motifs is 1. The number of alkyl halides is 3. The minimum Gasteiger partial charge on any atom is -0.495 e. The lowest BCUT2D eigenvalue weighted by atomic mass is 9.93. The third-order valence-electron chi connectivity index (χ3n) is 8.15. The van der Waals surface area contributed by atoms with Gasteiger partial charge in [0, 0.05) is 50.5 Å². The number of anilines is 3. The number of sulfonamides is 1. The number of carbonyl (C=O) groups is 1. The number of halogens is 3. The molecule has 45 heavy (non-hydrogen) atoms. The molecule has 1 aliphatic carbocycles. The summed E-state index contributed by atoms with van der Waals surface area (Å²) in [5.74, 6) is -1.16. The first-order chi connectivity index (χ1) is 21.5. The number of methoxy groups -OCH3 is 1. The predicted molar refractivity (Wildman–Crippen MR) is 159 cm³/mol. The predicted octanol–water partition coefficient (Wildman–Crippen LogP) is 3.79. The van der Waals surface area contributed by atoms with E-state index in [1.54, 1.807) is 22.5 Å². The molecule has 0 amide bonds. The van der Waals surface area contributed by atoms with Crippen molar-refractivity contribution in [3.8, 4) is 5.75 Å². The molecule has 3 aromatic rings. The molecule has 1 saturated carbocycles. The van der Waals surface area contributed by atoms with Gasteiger partial charge in [0.05, 0.1) is 36.3 Å². The van der Waals surface area contributed by atoms with Crippen LogP contribution in [0.15, 0.2) is 35.4 Å². The van der Waals surface area contributed by atoms with E-state index in [9.17, 15) is 21.6 Å². The maximum atomic E-state index is 13.5. The Kier molecular flexibility index (Phi) is 10.0. The van der Waals surface area contributed by atoms with Crippen molar-refractivity contribution in [3.63, 3.8) is 0 Å². The lowest BCUT2D eigenvalue weighted by molar-refractivity contribution is -0.192. The van der Waals surface area contributed by atoms with Gasteiger partial charge in [0.2, 0.25) is 16.0 Å². The minimum absolute atomic E-state index is 0.220. The van der Waals surface area contributed by atoms with Gasteiger partial charge in [-0.25, -0.2) is 13.2 Å². The van der Waals surface area contributed by atoms with Crippen LogP contribution in [0.4, 0.5) is 30.6 Å². The lowest BCUT2D eigenvalue weighted by Crippen LogP contribution is -2.50. The van der Waals surface area contributed by atoms with E-state index in [-0.39, 0.29) is 4.90 Å². The molecule has 0 spiro atoms. The fraction of sp³-hybridized carbons (Fsp3) is 0.536. The maximum Gasteiger partial charge on any atom is 0.490 e. The molecule has 4 heterocycles. The first kappa shape index (κ1) is 32.7. The Hall–Kier alpha value is -3.67. The van der Waals surface area contributed by atoms with E-state index in [4.69, 9.17) is 24.4 Å². The highest BCUT2D eigenvalue weighted by Gasteiger charge is 2.38. The Morgan fingerprint density at radius 2 is 1.78 bits per heavy atom. The molecule has 3 fully saturated rings. The third kappa shape index (κ3) is 7.77. The summed E-state index contributed by atoms with van der Waals surface area (Å²) >= 11 is 0. The van der Waals surface area contributed by atoms with E-state index in [2.05, 4.69) is 25.5 Å². The van der Waals surface area contributed by atoms with Crippen LogP contribution in [0.1, 0.15) is 32.1 Å². The van der Waals surface area contributed by atoms with Crippen LogP contribution >= 0.6 is 0 Å². The SMILES string of the molecule is COc1cc(S(=O)(=O)N2CCC(N3CCOCC3)CC2)ccc1Nc1nc(NC2CCC2)c2cc[nH]c2n1.O=C(O)C(F)(F)F. The van der Waals surface area contributed by atoms with E-state index in [0.29, 0.717) is 42.6 Å². The molecule has 2 aliphatic heterocycles. The van der Waals surface area contributed by atoms with Crippen molar-refractivity contribution >= 4 is 44.5 Å². The van der Waals surface area contributed by atoms with Crippen LogP contribution < -0.4 is 15.4 Å². The highest BCUT2D eigenvalue weighted by atomic mass is 32.2. The monoisotopic (exact) mass is 655 g/mol. The standard InChI is InChI=1S/C26H35N7O4S.C2HF3O2/c1-36-23-17-20(38(34,35)33-11-8-19(9-12-33)32-13-15-37-16-14-32)5-6-22(23)29-26-30-24-21(7-10-27-24)25(31-26)28-18-3-2-4-18;3-2(4,5)1(6)7/h5-7,10,17-19H,2-4,8-9,11-16H2,1H3,(H3,27,28,29,30,31);(H,6,7). The number of hydrogen-bond acceptors (Lipinski definition) is 10. The fourth-order valence-corrected chi connectivity index (χ4v) is 6.93. The number of aromatic amines is 1. The number of benzene rings is 1. The van der Waals surface area contributed by atoms with Crippen molar-refractivity contribution in [2.45, 2.75) is 55.3 Å². The number of morpholine rings is 1. The van der Waals surface area contributed by atoms with Crippen LogP contribution in [0, 0.1) is 0 Å². The van der Waals surface area contributed by atoms with Crippen molar-refractivity contribution in [3.05, 3.63) is 30.5 Å². The molecule has 6 rings (SSSR count). The second kappa shape index (κ2) is 13.8. The molecule has 3 aliphatic rings. The number of carboxylic acid groups (broad SMARTS) is 1. The number of H-pyrrole nitrogens is 1. The molecule has 13 nitrogen and oxygen atoms in total. The number of aromatic nitrogens is 3. The number of piperidine rings is 1. The van der Waals surface area contributed by atoms with Gasteiger partial charge >= 0.3 is 12.1 Å². The second-order valence-corrected chi connectivity index (χ2v) is 12.9. The third-order valence-corrected chi connectivity index (χ3v) is 10.0. The number of ether oxygens (including phenoxy) is 2. The number of nitrogens with zero attached hydrogens (tertiary/aromatic N) is 4. The first-order valence-corrected chi connectivity index (χ1v) is 16.1. The van der Waals surface area contributed by atoms with Crippen molar-refractivity contribution in [2.75, 3.05) is 57.1 Å². The molecule has 0 bridgehead atoms. The van der Waals surface area contributed by atoms with Gasteiger partial charge in [-0.05, 0) is 50.3 Å². The minimum atomic E-state index is -5.08. The summed E-state index contributed by atoms with van der Waals surface area (Å²) in [6, 6.07) is 7.71. The van der Waals surface area contributed by atoms with E-state index < -0.39 is 22.2 Å². The topological polar surface area (TPSA) is 162 Å². The summed E-state index contributed by atoms with van der Waals surface area (Å²) in [7, 11) is -2.11. The Balaban J connectivity index is 0.000000515. The van der Waals surface area contributed by atoms with Gasteiger partial charge in [-0.1, -0.05) is 0 Å². The number of hydrogen-bond donors (Lipinski definition) is 4. The maximum absolute atomic E-state index is 13.5. The van der Waals surface area contributed by atoms with Crippen LogP contribution in [-0.4, -0.2) is 108 Å². The van der Waals surface area contributed by atoms with Gasteiger partial charge in [0.1, 0.15) is 17.2 Å². The van der Waals surface area contributed by atoms with Crippen molar-refractivity contribution in [2.24, 2.45) is 0 Å². The summed E-state index contributed by atoms with van der Waals surface area (Å²) < 4.78 is 71.3. The number of nitrogens with one attached hydrogen (secondary N) is 3. The van der Waals surface area contributed by atoms with Gasteiger partial charge in [-0.3, -0.25) is 4.90 Å². The van der Waals surface area contributed by atoms with Gasteiger partial charge in [0.15, 0.2) is 0 Å². The lowest BCUT2D eigenvalue weighted by Gasteiger charge is -2.39. The summed E-state index contributed by atoms with van der Waals surface area (Å²) in [6.07, 6.45) is 1.90. The van der Waals surface area contributed by atoms with Crippen LogP contribution in [-0.2, 0) is 19.6 Å². The highest BCUT2D eigenvalue weighted by Crippen LogP contribution is 2.33. The zero-order valence-corrected chi connectivity index (χ0v) is 25.5. The molecule has 4 N–H and O–H groups in total. The average Bonchev–Trinajstić information content (AvgIpc) is 3.48. The number of rotatable bonds is 8. The van der Waals surface area contributed by atoms with E-state index in [0.717, 1.165) is 68.8 Å². The smallest absolute Gasteiger partial charge is 0.490 e. The Morgan fingerprint density at radius 3 is 2.38 bits per heavy atom. The van der Waals surface area contributed by atoms with E-state index >= 15 is 0 Å². The first-order valence-electron chi connectivity index (χ1n) is 14.6. The van der Waals surface area contributed by atoms with E-state index in [1.807, 2.05) is 12.3 Å². The largest absolute Gasteiger partial charge is 0.495 e. The Labute approximate surface area is 258 Å². The second-order valence-electron chi connectivity index (χ2n) is 11.0. The number of aliphatic carboxylic acids is 1. The Bertz CT molecular complexity index is 1580. The van der Waals surface area contributed by atoms with Gasteiger partial charge in [-0.2, -0.15) is 27.4 Å². The van der Waals surface area contributed by atoms with Crippen LogP contribution in [0.5, 0.6) is 5.75 Å². The summed E-state index contributed by atoms with van der Waals surface area (Å²) in [5, 5.41) is 14.8. The summed E-state index contributed by atoms with van der Waals surface area (Å²) in [5.41, 5.74) is 1.32. The van der Waals surface area contributed by atoms with Crippen molar-refractivity contribution in [1.29, 1.82) is 0 Å². The Morgan fingerprint density at radius 1 is 1.09 bits per heavy atom. The normalized spacial score (nSPS) is 18.9. The zero-order chi connectivity index (χ0) is 32.2. The molecule has 246 valence electrons. The molecule has 0 unspecified atom stereocenters. The molecule has 0 radical (unpaired) electrons. The molecule has 2 saturated heterocycles. The van der Waals surface area contributed by atoms with Gasteiger partial charge in [-0.15, -0.1) is 0 Å². The fourth-order valence-electron chi connectivity index (χ4n) is 5.45. The molecule has 1 aromatic carbocycles. The average molecular weight is 656 g/mol. The quantitative estimate of drug-likeness (QED) is 0.279. The molecule has 17 heteroatoms. The van der Waals surface area contributed by atoms with Gasteiger partial charge < -0.3 is 30.2 Å². The van der Waals surface area contributed by atoms with E-state index in [1.165, 1.54) is 13.5 Å². The van der Waals surface area contributed by atoms with Crippen molar-refractivity contribution < 1.29 is 41.0 Å². The molecular weight excluding hydrogens is 619 g/mol. The van der Waals surface area contributed by atoms with Crippen LogP contribution in [0.25, 0.3) is 11.0 Å². The molecule has 0 atom stereocenters. The van der Waals surface area contributed by atoms with Crippen LogP contribution in [0.3, 0.4) is 0 Å². The highest BCUT2D eigenvalue weighted by molar-refractivity contribution is 7.89. The zero-order valence-electron chi connectivity index (χ0n) is 24.6. The van der Waals surface area contributed by atoms with Gasteiger partial charge in [0.25, 0.3) is 0 Å². The molecule has 2 aromatic heterocycles. The summed E-state index contributed by atoms with van der Waals surface area (Å²) in [4.78, 5) is 24.0. The molecular formula is C28H36F3N7O6S. The van der Waals surface area contributed by atoms with Crippen LogP contribution in [0.2, 0.25) is 0 Å². The number of carboxylic acids is 1. The summed E-state index contributed by atoms with van der Waals surface area (Å²) in [6.45, 7) is 4.35. The van der Waals surface area contributed by atoms with Crippen molar-refractivity contribution in [1.82, 2.24) is 24.2 Å².